The molecule has 0 aliphatic heterocycles. The van der Waals surface area contributed by atoms with Gasteiger partial charge in [0.05, 0.1) is 0 Å². The van der Waals surface area contributed by atoms with Crippen LogP contribution < -0.4 is 10.6 Å². The topological polar surface area (TPSA) is 24.1 Å². The molecule has 2 heteroatoms. The van der Waals surface area contributed by atoms with Crippen LogP contribution in [0.25, 0.3) is 0 Å². The first-order chi connectivity index (χ1) is 7.97. The lowest BCUT2D eigenvalue weighted by Crippen LogP contribution is -2.38. The van der Waals surface area contributed by atoms with E-state index in [-0.39, 0.29) is 5.54 Å². The molecule has 1 saturated carbocycles. The third-order valence-corrected chi connectivity index (χ3v) is 4.10. The van der Waals surface area contributed by atoms with Crippen molar-refractivity contribution in [3.05, 3.63) is 0 Å². The fourth-order valence-electron chi connectivity index (χ4n) is 2.81. The van der Waals surface area contributed by atoms with Gasteiger partial charge in [-0.2, -0.15) is 0 Å². The lowest BCUT2D eigenvalue weighted by Gasteiger charge is -2.28. The van der Waals surface area contributed by atoms with Crippen LogP contribution in [0.4, 0.5) is 0 Å². The van der Waals surface area contributed by atoms with Crippen LogP contribution in [0.3, 0.4) is 0 Å². The van der Waals surface area contributed by atoms with E-state index < -0.39 is 0 Å². The van der Waals surface area contributed by atoms with E-state index in [0.29, 0.717) is 5.41 Å². The van der Waals surface area contributed by atoms with Crippen molar-refractivity contribution in [3.63, 3.8) is 0 Å². The van der Waals surface area contributed by atoms with E-state index in [4.69, 9.17) is 0 Å². The molecule has 0 bridgehead atoms. The first-order valence-corrected chi connectivity index (χ1v) is 7.43. The highest BCUT2D eigenvalue weighted by Gasteiger charge is 2.31. The van der Waals surface area contributed by atoms with Crippen molar-refractivity contribution in [2.75, 3.05) is 19.6 Å². The summed E-state index contributed by atoms with van der Waals surface area (Å²) >= 11 is 0. The highest BCUT2D eigenvalue weighted by atomic mass is 15.0. The van der Waals surface area contributed by atoms with Crippen molar-refractivity contribution in [2.24, 2.45) is 5.41 Å². The molecule has 1 rings (SSSR count). The summed E-state index contributed by atoms with van der Waals surface area (Å²) in [5.74, 6) is 0. The maximum absolute atomic E-state index is 3.67. The van der Waals surface area contributed by atoms with Crippen molar-refractivity contribution in [2.45, 2.75) is 71.8 Å². The van der Waals surface area contributed by atoms with E-state index in [1.807, 2.05) is 0 Å². The summed E-state index contributed by atoms with van der Waals surface area (Å²) in [5, 5.41) is 7.20. The van der Waals surface area contributed by atoms with Gasteiger partial charge >= 0.3 is 0 Å². The van der Waals surface area contributed by atoms with Gasteiger partial charge < -0.3 is 10.6 Å². The van der Waals surface area contributed by atoms with E-state index in [1.165, 1.54) is 45.1 Å². The number of hydrogen-bond acceptors (Lipinski definition) is 2. The van der Waals surface area contributed by atoms with Gasteiger partial charge in [-0.15, -0.1) is 0 Å². The Morgan fingerprint density at radius 3 is 2.24 bits per heavy atom. The Morgan fingerprint density at radius 2 is 1.71 bits per heavy atom. The highest BCUT2D eigenvalue weighted by Crippen LogP contribution is 2.40. The Morgan fingerprint density at radius 1 is 1.06 bits per heavy atom. The van der Waals surface area contributed by atoms with Gasteiger partial charge in [0.25, 0.3) is 0 Å². The van der Waals surface area contributed by atoms with Crippen molar-refractivity contribution >= 4 is 0 Å². The Hall–Kier alpha value is -0.0800. The molecule has 0 aromatic rings. The molecule has 2 nitrogen and oxygen atoms in total. The van der Waals surface area contributed by atoms with Gasteiger partial charge in [0.15, 0.2) is 0 Å². The molecule has 0 spiro atoms. The second-order valence-corrected chi connectivity index (χ2v) is 6.77. The van der Waals surface area contributed by atoms with Gasteiger partial charge in [-0.05, 0) is 65.0 Å². The molecule has 1 fully saturated rings. The molecular weight excluding hydrogens is 208 g/mol. The molecule has 2 N–H and O–H groups in total. The molecule has 102 valence electrons. The van der Waals surface area contributed by atoms with E-state index in [0.717, 1.165) is 13.1 Å². The van der Waals surface area contributed by atoms with E-state index >= 15 is 0 Å². The lowest BCUT2D eigenvalue weighted by atomic mass is 9.83. The van der Waals surface area contributed by atoms with Gasteiger partial charge in [0.2, 0.25) is 0 Å². The summed E-state index contributed by atoms with van der Waals surface area (Å²) < 4.78 is 0. The molecule has 0 radical (unpaired) electrons. The fourth-order valence-corrected chi connectivity index (χ4v) is 2.81. The van der Waals surface area contributed by atoms with Gasteiger partial charge in [-0.1, -0.05) is 19.8 Å². The summed E-state index contributed by atoms with van der Waals surface area (Å²) in [5.41, 5.74) is 0.896. The Kier molecular flexibility index (Phi) is 5.94. The Balaban J connectivity index is 2.04. The van der Waals surface area contributed by atoms with Crippen LogP contribution in [0.15, 0.2) is 0 Å². The zero-order chi connectivity index (χ0) is 12.8. The van der Waals surface area contributed by atoms with Crippen molar-refractivity contribution in [1.82, 2.24) is 10.6 Å². The average Bonchev–Trinajstić information content (AvgIpc) is 2.71. The minimum atomic E-state index is 0.260. The lowest BCUT2D eigenvalue weighted by molar-refractivity contribution is 0.268. The predicted molar refractivity (Wildman–Crippen MR) is 76.4 cm³/mol. The number of nitrogens with one attached hydrogen (secondary N) is 2. The van der Waals surface area contributed by atoms with Crippen LogP contribution in [-0.4, -0.2) is 25.2 Å². The van der Waals surface area contributed by atoms with Crippen molar-refractivity contribution in [1.29, 1.82) is 0 Å². The van der Waals surface area contributed by atoms with E-state index in [9.17, 15) is 0 Å². The molecule has 0 aromatic heterocycles. The van der Waals surface area contributed by atoms with Crippen LogP contribution >= 0.6 is 0 Å². The highest BCUT2D eigenvalue weighted by molar-refractivity contribution is 4.85. The second-order valence-electron chi connectivity index (χ2n) is 6.77. The van der Waals surface area contributed by atoms with Crippen LogP contribution in [0.2, 0.25) is 0 Å². The van der Waals surface area contributed by atoms with Crippen LogP contribution in [-0.2, 0) is 0 Å². The van der Waals surface area contributed by atoms with Crippen LogP contribution in [0, 0.1) is 5.41 Å². The molecule has 0 amide bonds. The monoisotopic (exact) mass is 240 g/mol. The number of rotatable bonds is 7. The summed E-state index contributed by atoms with van der Waals surface area (Å²) in [4.78, 5) is 0. The average molecular weight is 240 g/mol. The molecule has 1 aliphatic carbocycles. The Labute approximate surface area is 108 Å². The van der Waals surface area contributed by atoms with Crippen LogP contribution in [0.1, 0.15) is 66.2 Å². The fraction of sp³-hybridized carbons (Fsp3) is 1.00. The molecule has 0 aromatic carbocycles. The summed E-state index contributed by atoms with van der Waals surface area (Å²) in [6.07, 6.45) is 8.35. The summed E-state index contributed by atoms with van der Waals surface area (Å²) in [6, 6.07) is 0. The van der Waals surface area contributed by atoms with Crippen molar-refractivity contribution < 1.29 is 0 Å². The first-order valence-electron chi connectivity index (χ1n) is 7.43. The quantitative estimate of drug-likeness (QED) is 0.667. The third kappa shape index (κ3) is 5.87. The van der Waals surface area contributed by atoms with E-state index in [1.54, 1.807) is 0 Å². The largest absolute Gasteiger partial charge is 0.316 e. The third-order valence-electron chi connectivity index (χ3n) is 4.10. The van der Waals surface area contributed by atoms with Gasteiger partial charge in [0.1, 0.15) is 0 Å². The van der Waals surface area contributed by atoms with Gasteiger partial charge in [-0.25, -0.2) is 0 Å². The van der Waals surface area contributed by atoms with Crippen molar-refractivity contribution in [3.8, 4) is 0 Å². The maximum atomic E-state index is 3.67. The summed E-state index contributed by atoms with van der Waals surface area (Å²) in [6.45, 7) is 12.6. The molecule has 1 aliphatic rings. The molecule has 0 heterocycles. The predicted octanol–water partition coefficient (Wildman–Crippen LogP) is 3.32. The van der Waals surface area contributed by atoms with Gasteiger partial charge in [-0.3, -0.25) is 0 Å². The zero-order valence-corrected chi connectivity index (χ0v) is 12.4. The molecule has 0 unspecified atom stereocenters. The smallest absolute Gasteiger partial charge is 0.00965 e. The molecular formula is C15H32N2. The zero-order valence-electron chi connectivity index (χ0n) is 12.4. The van der Waals surface area contributed by atoms with E-state index in [2.05, 4.69) is 38.3 Å². The maximum Gasteiger partial charge on any atom is 0.00965 e. The molecule has 0 saturated heterocycles. The van der Waals surface area contributed by atoms with Crippen LogP contribution in [0.5, 0.6) is 0 Å². The number of hydrogen-bond donors (Lipinski definition) is 2. The van der Waals surface area contributed by atoms with Gasteiger partial charge in [0, 0.05) is 12.1 Å². The SMILES string of the molecule is CCC1(CNCCCNC(C)(C)C)CCCC1. The Bertz CT molecular complexity index is 199. The standard InChI is InChI=1S/C15H32N2/c1-5-15(9-6-7-10-15)13-16-11-8-12-17-14(2,3)4/h16-17H,5-13H2,1-4H3. The normalized spacial score (nSPS) is 19.8. The molecule has 17 heavy (non-hydrogen) atoms. The first kappa shape index (κ1) is 15.0. The minimum Gasteiger partial charge on any atom is -0.316 e. The summed E-state index contributed by atoms with van der Waals surface area (Å²) in [7, 11) is 0. The minimum absolute atomic E-state index is 0.260. The molecule has 0 atom stereocenters. The second kappa shape index (κ2) is 6.75.